The molecule has 0 saturated heterocycles. The summed E-state index contributed by atoms with van der Waals surface area (Å²) < 4.78 is 0. The number of hydrogen-bond acceptors (Lipinski definition) is 2. The molecule has 44 valence electrons. The van der Waals surface area contributed by atoms with E-state index >= 15 is 0 Å². The van der Waals surface area contributed by atoms with Gasteiger partial charge in [0, 0.05) is 5.54 Å². The Morgan fingerprint density at radius 2 is 2.00 bits per heavy atom. The van der Waals surface area contributed by atoms with Crippen LogP contribution in [0.1, 0.15) is 19.8 Å². The first-order chi connectivity index (χ1) is 2.77. The largest absolute Gasteiger partial charge is 0.316 e. The summed E-state index contributed by atoms with van der Waals surface area (Å²) in [4.78, 5) is 0. The van der Waals surface area contributed by atoms with Gasteiger partial charge < -0.3 is 5.21 Å². The summed E-state index contributed by atoms with van der Waals surface area (Å²) in [6.07, 6.45) is 2.23. The highest BCUT2D eigenvalue weighted by Gasteiger charge is 2.36. The molecule has 0 heterocycles. The van der Waals surface area contributed by atoms with Gasteiger partial charge >= 0.3 is 0 Å². The van der Waals surface area contributed by atoms with Crippen LogP contribution >= 0.6 is 12.4 Å². The van der Waals surface area contributed by atoms with Crippen molar-refractivity contribution >= 4 is 12.4 Å². The van der Waals surface area contributed by atoms with Crippen LogP contribution < -0.4 is 5.48 Å². The van der Waals surface area contributed by atoms with E-state index in [1.165, 1.54) is 0 Å². The number of rotatable bonds is 1. The molecular formula is C4H10ClNO. The molecule has 0 aromatic rings. The van der Waals surface area contributed by atoms with Gasteiger partial charge in [-0.25, -0.2) is 0 Å². The second-order valence-corrected chi connectivity index (χ2v) is 2.17. The minimum Gasteiger partial charge on any atom is -0.316 e. The predicted molar refractivity (Wildman–Crippen MR) is 29.8 cm³/mol. The Hall–Kier alpha value is 0.210. The fourth-order valence-corrected chi connectivity index (χ4v) is 0.299. The molecule has 7 heavy (non-hydrogen) atoms. The molecule has 3 heteroatoms. The highest BCUT2D eigenvalue weighted by molar-refractivity contribution is 5.85. The van der Waals surface area contributed by atoms with Crippen molar-refractivity contribution in [1.29, 1.82) is 0 Å². The van der Waals surface area contributed by atoms with Gasteiger partial charge in [-0.15, -0.1) is 12.4 Å². The number of halogens is 1. The van der Waals surface area contributed by atoms with Crippen molar-refractivity contribution in [2.45, 2.75) is 25.3 Å². The van der Waals surface area contributed by atoms with E-state index in [9.17, 15) is 0 Å². The molecule has 0 atom stereocenters. The van der Waals surface area contributed by atoms with Gasteiger partial charge in [0.15, 0.2) is 0 Å². The van der Waals surface area contributed by atoms with Gasteiger partial charge in [0.2, 0.25) is 0 Å². The SMILES string of the molecule is CC1(NO)CC1.Cl. The van der Waals surface area contributed by atoms with E-state index in [0.29, 0.717) is 0 Å². The number of nitrogens with one attached hydrogen (secondary N) is 1. The van der Waals surface area contributed by atoms with Crippen LogP contribution in [-0.2, 0) is 0 Å². The summed E-state index contributed by atoms with van der Waals surface area (Å²) in [7, 11) is 0. The first-order valence-corrected chi connectivity index (χ1v) is 2.18. The van der Waals surface area contributed by atoms with Crippen molar-refractivity contribution in [1.82, 2.24) is 5.48 Å². The standard InChI is InChI=1S/C4H9NO.ClH/c1-4(5-6)2-3-4;/h5-6H,2-3H2,1H3;1H. The van der Waals surface area contributed by atoms with E-state index in [1.807, 2.05) is 6.92 Å². The Labute approximate surface area is 49.3 Å². The van der Waals surface area contributed by atoms with Crippen LogP contribution in [0, 0.1) is 0 Å². The number of hydroxylamine groups is 1. The van der Waals surface area contributed by atoms with Gasteiger partial charge in [-0.2, -0.15) is 5.48 Å². The van der Waals surface area contributed by atoms with Gasteiger partial charge in [0.05, 0.1) is 0 Å². The lowest BCUT2D eigenvalue weighted by atomic mass is 10.4. The number of hydrogen-bond donors (Lipinski definition) is 2. The maximum absolute atomic E-state index is 8.22. The van der Waals surface area contributed by atoms with Crippen LogP contribution in [0.5, 0.6) is 0 Å². The highest BCUT2D eigenvalue weighted by Crippen LogP contribution is 2.33. The maximum atomic E-state index is 8.22. The van der Waals surface area contributed by atoms with E-state index in [-0.39, 0.29) is 17.9 Å². The predicted octanol–water partition coefficient (Wildman–Crippen LogP) is 0.940. The fourth-order valence-electron chi connectivity index (χ4n) is 0.299. The third kappa shape index (κ3) is 1.63. The van der Waals surface area contributed by atoms with Crippen molar-refractivity contribution in [3.8, 4) is 0 Å². The van der Waals surface area contributed by atoms with Crippen molar-refractivity contribution in [2.24, 2.45) is 0 Å². The zero-order valence-corrected chi connectivity index (χ0v) is 5.09. The first kappa shape index (κ1) is 7.21. The molecule has 2 N–H and O–H groups in total. The van der Waals surface area contributed by atoms with Crippen molar-refractivity contribution in [3.05, 3.63) is 0 Å². The molecule has 0 bridgehead atoms. The molecule has 0 aromatic heterocycles. The molecule has 1 saturated carbocycles. The zero-order valence-electron chi connectivity index (χ0n) is 4.27. The van der Waals surface area contributed by atoms with E-state index in [1.54, 1.807) is 0 Å². The molecule has 0 unspecified atom stereocenters. The Morgan fingerprint density at radius 3 is 2.00 bits per heavy atom. The van der Waals surface area contributed by atoms with Gasteiger partial charge in [0.25, 0.3) is 0 Å². The van der Waals surface area contributed by atoms with Gasteiger partial charge in [-0.1, -0.05) is 0 Å². The maximum Gasteiger partial charge on any atom is 0.0403 e. The fraction of sp³-hybridized carbons (Fsp3) is 1.00. The average molecular weight is 124 g/mol. The van der Waals surface area contributed by atoms with E-state index in [4.69, 9.17) is 5.21 Å². The summed E-state index contributed by atoms with van der Waals surface area (Å²) in [5.41, 5.74) is 2.31. The van der Waals surface area contributed by atoms with Crippen LogP contribution in [0.25, 0.3) is 0 Å². The first-order valence-electron chi connectivity index (χ1n) is 2.18. The lowest BCUT2D eigenvalue weighted by Gasteiger charge is -1.99. The minimum absolute atomic E-state index is 0. The molecule has 1 rings (SSSR count). The van der Waals surface area contributed by atoms with Gasteiger partial charge in [-0.05, 0) is 19.8 Å². The Morgan fingerprint density at radius 1 is 1.57 bits per heavy atom. The van der Waals surface area contributed by atoms with E-state index < -0.39 is 0 Å². The molecule has 1 aliphatic carbocycles. The third-order valence-electron chi connectivity index (χ3n) is 1.27. The lowest BCUT2D eigenvalue weighted by molar-refractivity contribution is 0.122. The summed E-state index contributed by atoms with van der Waals surface area (Å²) in [6, 6.07) is 0. The van der Waals surface area contributed by atoms with Crippen LogP contribution in [0.15, 0.2) is 0 Å². The summed E-state index contributed by atoms with van der Waals surface area (Å²) in [6.45, 7) is 1.99. The van der Waals surface area contributed by atoms with E-state index in [2.05, 4.69) is 5.48 Å². The Bertz CT molecular complexity index is 62.7. The molecule has 0 aromatic carbocycles. The van der Waals surface area contributed by atoms with Crippen LogP contribution in [0.2, 0.25) is 0 Å². The molecule has 0 spiro atoms. The summed E-state index contributed by atoms with van der Waals surface area (Å²) in [5, 5.41) is 8.22. The second kappa shape index (κ2) is 1.99. The topological polar surface area (TPSA) is 32.3 Å². The highest BCUT2D eigenvalue weighted by atomic mass is 35.5. The van der Waals surface area contributed by atoms with Crippen molar-refractivity contribution in [2.75, 3.05) is 0 Å². The average Bonchev–Trinajstić information content (AvgIpc) is 2.22. The molecule has 0 radical (unpaired) electrons. The Kier molecular flexibility index (Phi) is 2.05. The smallest absolute Gasteiger partial charge is 0.0403 e. The molecule has 0 amide bonds. The molecule has 0 aliphatic heterocycles. The van der Waals surface area contributed by atoms with Crippen molar-refractivity contribution < 1.29 is 5.21 Å². The molecule has 1 aliphatic rings. The lowest BCUT2D eigenvalue weighted by Crippen LogP contribution is -2.22. The summed E-state index contributed by atoms with van der Waals surface area (Å²) in [5.74, 6) is 0. The van der Waals surface area contributed by atoms with Crippen LogP contribution in [0.3, 0.4) is 0 Å². The van der Waals surface area contributed by atoms with Gasteiger partial charge in [0.1, 0.15) is 0 Å². The Balaban J connectivity index is 0.000000360. The van der Waals surface area contributed by atoms with Crippen LogP contribution in [0.4, 0.5) is 0 Å². The van der Waals surface area contributed by atoms with Gasteiger partial charge in [-0.3, -0.25) is 0 Å². The normalized spacial score (nSPS) is 23.1. The zero-order chi connectivity index (χ0) is 4.62. The minimum atomic E-state index is 0. The third-order valence-corrected chi connectivity index (χ3v) is 1.27. The quantitative estimate of drug-likeness (QED) is 0.509. The molecular weight excluding hydrogens is 114 g/mol. The van der Waals surface area contributed by atoms with E-state index in [0.717, 1.165) is 12.8 Å². The summed E-state index contributed by atoms with van der Waals surface area (Å²) >= 11 is 0. The molecule has 2 nitrogen and oxygen atoms in total. The van der Waals surface area contributed by atoms with Crippen LogP contribution in [-0.4, -0.2) is 10.7 Å². The monoisotopic (exact) mass is 123 g/mol. The molecule has 1 fully saturated rings. The second-order valence-electron chi connectivity index (χ2n) is 2.17. The van der Waals surface area contributed by atoms with Crippen molar-refractivity contribution in [3.63, 3.8) is 0 Å².